The fourth-order valence-electron chi connectivity index (χ4n) is 7.75. The minimum Gasteiger partial charge on any atom is -0.478 e. The summed E-state index contributed by atoms with van der Waals surface area (Å²) in [6.45, 7) is 0. The van der Waals surface area contributed by atoms with Crippen molar-refractivity contribution in [3.8, 4) is 44.9 Å². The van der Waals surface area contributed by atoms with Crippen molar-refractivity contribution in [3.63, 3.8) is 0 Å². The smallest absolute Gasteiger partial charge is 0.336 e. The van der Waals surface area contributed by atoms with E-state index in [0.717, 1.165) is 92.3 Å². The van der Waals surface area contributed by atoms with Crippen molar-refractivity contribution in [2.45, 2.75) is 38.1 Å². The lowest BCUT2D eigenvalue weighted by molar-refractivity contribution is 0.0698. The molecule has 6 heteroatoms. The van der Waals surface area contributed by atoms with Crippen LogP contribution in [0.3, 0.4) is 0 Å². The van der Waals surface area contributed by atoms with Crippen LogP contribution in [0.2, 0.25) is 0 Å². The average Bonchev–Trinajstić information content (AvgIpc) is 3.57. The van der Waals surface area contributed by atoms with Gasteiger partial charge in [0.05, 0.1) is 33.3 Å². The molecule has 5 aromatic carbocycles. The Balaban J connectivity index is 1.28. The molecule has 3 aromatic heterocycles. The van der Waals surface area contributed by atoms with Gasteiger partial charge in [-0.3, -0.25) is 4.98 Å². The normalized spacial score (nSPS) is 13.7. The number of rotatable bonds is 6. The minimum absolute atomic E-state index is 0.240. The molecule has 6 nitrogen and oxygen atoms in total. The first kappa shape index (κ1) is 30.0. The summed E-state index contributed by atoms with van der Waals surface area (Å²) < 4.78 is 2.39. The molecule has 1 N–H and O–H groups in total. The molecule has 0 spiro atoms. The summed E-state index contributed by atoms with van der Waals surface area (Å²) in [5.74, 6) is -0.116. The molecule has 0 bridgehead atoms. The Morgan fingerprint density at radius 2 is 1.36 bits per heavy atom. The van der Waals surface area contributed by atoms with E-state index in [-0.39, 0.29) is 11.6 Å². The topological polar surface area (TPSA) is 80.9 Å². The summed E-state index contributed by atoms with van der Waals surface area (Å²) in [5, 5.41) is 12.4. The minimum atomic E-state index is -0.971. The van der Waals surface area contributed by atoms with Crippen LogP contribution in [0.5, 0.6) is 0 Å². The van der Waals surface area contributed by atoms with Gasteiger partial charge >= 0.3 is 5.97 Å². The Morgan fingerprint density at radius 3 is 2.14 bits per heavy atom. The number of fused-ring (bicyclic) bond motifs is 3. The van der Waals surface area contributed by atoms with Gasteiger partial charge in [-0.25, -0.2) is 14.8 Å². The number of aromatic carboxylic acids is 1. The van der Waals surface area contributed by atoms with Crippen LogP contribution in [0.4, 0.5) is 0 Å². The summed E-state index contributed by atoms with van der Waals surface area (Å²) >= 11 is 0. The lowest BCUT2D eigenvalue weighted by Crippen LogP contribution is -2.14. The number of carbonyl (C=O) groups is 1. The predicted octanol–water partition coefficient (Wildman–Crippen LogP) is 11.0. The summed E-state index contributed by atoms with van der Waals surface area (Å²) in [6.07, 6.45) is 7.44. The maximum Gasteiger partial charge on any atom is 0.336 e. The van der Waals surface area contributed by atoms with Crippen LogP contribution in [-0.4, -0.2) is 30.6 Å². The first-order chi connectivity index (χ1) is 24.6. The molecular formula is C44H34N4O2. The monoisotopic (exact) mass is 650 g/mol. The second-order valence-electron chi connectivity index (χ2n) is 13.2. The second-order valence-corrected chi connectivity index (χ2v) is 13.2. The van der Waals surface area contributed by atoms with Gasteiger partial charge in [-0.2, -0.15) is 0 Å². The third kappa shape index (κ3) is 5.21. The molecule has 8 aromatic rings. The van der Waals surface area contributed by atoms with Gasteiger partial charge in [0, 0.05) is 45.3 Å². The summed E-state index contributed by atoms with van der Waals surface area (Å²) in [7, 11) is 0. The lowest BCUT2D eigenvalue weighted by Gasteiger charge is -2.26. The Bertz CT molecular complexity index is 2550. The number of nitrogens with zero attached hydrogens (tertiary/aromatic N) is 4. The van der Waals surface area contributed by atoms with E-state index in [2.05, 4.69) is 70.2 Å². The highest BCUT2D eigenvalue weighted by Crippen LogP contribution is 2.42. The van der Waals surface area contributed by atoms with Crippen LogP contribution < -0.4 is 0 Å². The van der Waals surface area contributed by atoms with Gasteiger partial charge in [-0.15, -0.1) is 0 Å². The molecule has 242 valence electrons. The second kappa shape index (κ2) is 12.4. The van der Waals surface area contributed by atoms with E-state index in [1.165, 1.54) is 6.42 Å². The largest absolute Gasteiger partial charge is 0.478 e. The maximum atomic E-state index is 12.7. The van der Waals surface area contributed by atoms with Crippen molar-refractivity contribution < 1.29 is 9.90 Å². The number of carboxylic acids is 1. The Kier molecular flexibility index (Phi) is 7.42. The van der Waals surface area contributed by atoms with E-state index < -0.39 is 5.97 Å². The van der Waals surface area contributed by atoms with E-state index in [9.17, 15) is 9.90 Å². The molecule has 9 rings (SSSR count). The molecule has 0 unspecified atom stereocenters. The van der Waals surface area contributed by atoms with Gasteiger partial charge in [0.2, 0.25) is 0 Å². The van der Waals surface area contributed by atoms with Gasteiger partial charge in [-0.1, -0.05) is 92.1 Å². The summed E-state index contributed by atoms with van der Waals surface area (Å²) in [6, 6.07) is 43.2. The van der Waals surface area contributed by atoms with Crippen LogP contribution >= 0.6 is 0 Å². The lowest BCUT2D eigenvalue weighted by atomic mass is 9.94. The molecule has 0 atom stereocenters. The zero-order valence-corrected chi connectivity index (χ0v) is 27.5. The predicted molar refractivity (Wildman–Crippen MR) is 201 cm³/mol. The van der Waals surface area contributed by atoms with Crippen molar-refractivity contribution in [1.29, 1.82) is 0 Å². The number of pyridine rings is 2. The number of imidazole rings is 1. The third-order valence-corrected chi connectivity index (χ3v) is 10.1. The highest BCUT2D eigenvalue weighted by molar-refractivity contribution is 6.07. The van der Waals surface area contributed by atoms with Gasteiger partial charge in [0.15, 0.2) is 0 Å². The number of hydrogen-bond acceptors (Lipinski definition) is 4. The number of carboxylic acid groups (broad SMARTS) is 1. The number of aromatic nitrogens is 4. The van der Waals surface area contributed by atoms with Crippen molar-refractivity contribution >= 4 is 38.8 Å². The van der Waals surface area contributed by atoms with Gasteiger partial charge in [-0.05, 0) is 78.6 Å². The van der Waals surface area contributed by atoms with Gasteiger partial charge in [0.1, 0.15) is 5.82 Å². The van der Waals surface area contributed by atoms with Crippen molar-refractivity contribution in [2.75, 3.05) is 0 Å². The van der Waals surface area contributed by atoms with Crippen LogP contribution in [0.25, 0.3) is 77.7 Å². The Morgan fingerprint density at radius 1 is 0.640 bits per heavy atom. The van der Waals surface area contributed by atoms with Crippen LogP contribution in [0.1, 0.15) is 48.5 Å². The fourth-order valence-corrected chi connectivity index (χ4v) is 7.75. The van der Waals surface area contributed by atoms with Crippen molar-refractivity contribution in [2.24, 2.45) is 0 Å². The molecule has 0 aliphatic heterocycles. The molecule has 0 amide bonds. The molecule has 1 aliphatic carbocycles. The van der Waals surface area contributed by atoms with E-state index in [4.69, 9.17) is 9.97 Å². The highest BCUT2D eigenvalue weighted by Gasteiger charge is 2.27. The fraction of sp³-hybridized carbons (Fsp3) is 0.136. The standard InChI is InChI=1S/C44H34N4O2/c49-44(50)35-20-23-39-42(40(35)31-18-21-37-30(25-31)15-10-24-45-37)47-43(48(39)34-16-8-3-9-17-34)32-19-22-38-33(26-32)27-36(28-11-4-1-5-12-28)41(46-38)29-13-6-2-7-14-29/h1-2,4-7,10-15,18-27,34H,3,8-9,16-17H2,(H,49,50). The van der Waals surface area contributed by atoms with E-state index in [0.29, 0.717) is 11.1 Å². The van der Waals surface area contributed by atoms with E-state index >= 15 is 0 Å². The molecule has 50 heavy (non-hydrogen) atoms. The summed E-state index contributed by atoms with van der Waals surface area (Å²) in [4.78, 5) is 27.8. The van der Waals surface area contributed by atoms with E-state index in [1.54, 1.807) is 12.3 Å². The zero-order valence-electron chi connectivity index (χ0n) is 27.5. The maximum absolute atomic E-state index is 12.7. The van der Waals surface area contributed by atoms with Crippen LogP contribution in [0, 0.1) is 0 Å². The molecule has 1 fully saturated rings. The molecule has 3 heterocycles. The summed E-state index contributed by atoms with van der Waals surface area (Å²) in [5.41, 5.74) is 10.3. The quantitative estimate of drug-likeness (QED) is 0.194. The highest BCUT2D eigenvalue weighted by atomic mass is 16.4. The SMILES string of the molecule is O=C(O)c1ccc2c(nc(-c3ccc4nc(-c5ccccc5)c(-c5ccccc5)cc4c3)n2C2CCCCC2)c1-c1ccc2ncccc2c1. The van der Waals surface area contributed by atoms with Gasteiger partial charge < -0.3 is 9.67 Å². The molecular weight excluding hydrogens is 617 g/mol. The molecule has 0 saturated heterocycles. The van der Waals surface area contributed by atoms with Crippen LogP contribution in [-0.2, 0) is 0 Å². The number of benzene rings is 5. The van der Waals surface area contributed by atoms with Gasteiger partial charge in [0.25, 0.3) is 0 Å². The molecule has 0 radical (unpaired) electrons. The van der Waals surface area contributed by atoms with Crippen molar-refractivity contribution in [1.82, 2.24) is 19.5 Å². The van der Waals surface area contributed by atoms with Crippen LogP contribution in [0.15, 0.2) is 134 Å². The van der Waals surface area contributed by atoms with Crippen molar-refractivity contribution in [3.05, 3.63) is 139 Å². The molecule has 1 aliphatic rings. The first-order valence-corrected chi connectivity index (χ1v) is 17.3. The third-order valence-electron chi connectivity index (χ3n) is 10.1. The Hall–Kier alpha value is -6.14. The zero-order chi connectivity index (χ0) is 33.6. The molecule has 1 saturated carbocycles. The Labute approximate surface area is 289 Å². The van der Waals surface area contributed by atoms with E-state index in [1.807, 2.05) is 60.7 Å². The number of hydrogen-bond donors (Lipinski definition) is 1. The first-order valence-electron chi connectivity index (χ1n) is 17.3. The average molecular weight is 651 g/mol.